The molecule has 0 unspecified atom stereocenters. The van der Waals surface area contributed by atoms with E-state index < -0.39 is 0 Å². The van der Waals surface area contributed by atoms with Gasteiger partial charge in [0.25, 0.3) is 0 Å². The highest BCUT2D eigenvalue weighted by atomic mass is 16.5. The predicted octanol–water partition coefficient (Wildman–Crippen LogP) is 2.78. The largest absolute Gasteiger partial charge is 0.496 e. The molecule has 0 aromatic heterocycles. The van der Waals surface area contributed by atoms with Crippen LogP contribution in [-0.4, -0.2) is 19.1 Å². The zero-order valence-corrected chi connectivity index (χ0v) is 12.3. The minimum atomic E-state index is 0.683. The van der Waals surface area contributed by atoms with E-state index in [0.717, 1.165) is 35.7 Å². The van der Waals surface area contributed by atoms with Gasteiger partial charge < -0.3 is 10.5 Å². The van der Waals surface area contributed by atoms with E-state index in [9.17, 15) is 0 Å². The Morgan fingerprint density at radius 3 is 2.71 bits per heavy atom. The molecule has 0 spiro atoms. The average molecular weight is 281 g/mol. The Kier molecular flexibility index (Phi) is 4.81. The maximum atomic E-state index is 8.94. The first-order chi connectivity index (χ1) is 10.1. The third-order valence-corrected chi connectivity index (χ3v) is 3.25. The fourth-order valence-electron chi connectivity index (χ4n) is 2.32. The lowest BCUT2D eigenvalue weighted by Gasteiger charge is -2.19. The number of nitrogen functional groups attached to an aromatic ring is 1. The van der Waals surface area contributed by atoms with Crippen LogP contribution < -0.4 is 10.5 Å². The van der Waals surface area contributed by atoms with Crippen molar-refractivity contribution in [3.63, 3.8) is 0 Å². The molecule has 0 aliphatic heterocycles. The number of rotatable bonds is 5. The Labute approximate surface area is 125 Å². The molecule has 0 bridgehead atoms. The van der Waals surface area contributed by atoms with Crippen molar-refractivity contribution >= 4 is 5.69 Å². The predicted molar refractivity (Wildman–Crippen MR) is 83.7 cm³/mol. The number of nitriles is 1. The fourth-order valence-corrected chi connectivity index (χ4v) is 2.32. The van der Waals surface area contributed by atoms with Gasteiger partial charge in [-0.15, -0.1) is 0 Å². The van der Waals surface area contributed by atoms with Gasteiger partial charge in [0.05, 0.1) is 18.7 Å². The maximum absolute atomic E-state index is 8.94. The number of nitrogens with two attached hydrogens (primary N) is 1. The summed E-state index contributed by atoms with van der Waals surface area (Å²) < 4.78 is 5.36. The summed E-state index contributed by atoms with van der Waals surface area (Å²) in [6.07, 6.45) is 0. The Balaban J connectivity index is 2.09. The molecule has 0 fully saturated rings. The molecule has 4 nitrogen and oxygen atoms in total. The van der Waals surface area contributed by atoms with E-state index >= 15 is 0 Å². The van der Waals surface area contributed by atoms with Crippen LogP contribution in [0.25, 0.3) is 0 Å². The van der Waals surface area contributed by atoms with E-state index in [0.29, 0.717) is 5.56 Å². The normalized spacial score (nSPS) is 10.4. The lowest BCUT2D eigenvalue weighted by Crippen LogP contribution is -2.18. The van der Waals surface area contributed by atoms with Gasteiger partial charge >= 0.3 is 0 Å². The third kappa shape index (κ3) is 3.98. The minimum absolute atomic E-state index is 0.683. The molecule has 108 valence electrons. The van der Waals surface area contributed by atoms with Crippen LogP contribution >= 0.6 is 0 Å². The Hall–Kier alpha value is -2.51. The van der Waals surface area contributed by atoms with Gasteiger partial charge in [-0.2, -0.15) is 5.26 Å². The first-order valence-electron chi connectivity index (χ1n) is 6.72. The molecular weight excluding hydrogens is 262 g/mol. The summed E-state index contributed by atoms with van der Waals surface area (Å²) in [7, 11) is 3.69. The van der Waals surface area contributed by atoms with Crippen molar-refractivity contribution in [2.24, 2.45) is 0 Å². The van der Waals surface area contributed by atoms with E-state index in [1.165, 1.54) is 0 Å². The molecule has 2 N–H and O–H groups in total. The van der Waals surface area contributed by atoms with Crippen molar-refractivity contribution in [2.45, 2.75) is 13.1 Å². The molecule has 0 amide bonds. The minimum Gasteiger partial charge on any atom is -0.496 e. The summed E-state index contributed by atoms with van der Waals surface area (Å²) in [5.41, 5.74) is 9.41. The van der Waals surface area contributed by atoms with Crippen molar-refractivity contribution in [3.05, 3.63) is 59.2 Å². The van der Waals surface area contributed by atoms with Crippen LogP contribution in [-0.2, 0) is 13.1 Å². The molecule has 2 aromatic carbocycles. The summed E-state index contributed by atoms with van der Waals surface area (Å²) in [5.74, 6) is 0.835. The van der Waals surface area contributed by atoms with E-state index in [4.69, 9.17) is 15.7 Å². The SMILES string of the molecule is COc1ccc(N)cc1CN(C)Cc1cccc(C#N)c1. The van der Waals surface area contributed by atoms with Crippen LogP contribution in [0.2, 0.25) is 0 Å². The van der Waals surface area contributed by atoms with Gasteiger partial charge in [-0.25, -0.2) is 0 Å². The number of hydrogen-bond acceptors (Lipinski definition) is 4. The van der Waals surface area contributed by atoms with Crippen LogP contribution in [0, 0.1) is 11.3 Å². The smallest absolute Gasteiger partial charge is 0.123 e. The zero-order chi connectivity index (χ0) is 15.2. The number of methoxy groups -OCH3 is 1. The van der Waals surface area contributed by atoms with E-state index in [2.05, 4.69) is 11.0 Å². The number of ether oxygens (including phenoxy) is 1. The second-order valence-electron chi connectivity index (χ2n) is 5.06. The highest BCUT2D eigenvalue weighted by molar-refractivity contribution is 5.47. The number of hydrogen-bond donors (Lipinski definition) is 1. The number of nitrogens with zero attached hydrogens (tertiary/aromatic N) is 2. The molecule has 0 atom stereocenters. The van der Waals surface area contributed by atoms with Crippen LogP contribution in [0.4, 0.5) is 5.69 Å². The van der Waals surface area contributed by atoms with Gasteiger partial charge in [-0.3, -0.25) is 4.90 Å². The van der Waals surface area contributed by atoms with E-state index in [1.807, 2.05) is 49.5 Å². The Morgan fingerprint density at radius 1 is 1.19 bits per heavy atom. The van der Waals surface area contributed by atoms with Crippen molar-refractivity contribution in [1.29, 1.82) is 5.26 Å². The highest BCUT2D eigenvalue weighted by Crippen LogP contribution is 2.22. The quantitative estimate of drug-likeness (QED) is 0.856. The molecule has 4 heteroatoms. The average Bonchev–Trinajstić information content (AvgIpc) is 2.47. The molecule has 21 heavy (non-hydrogen) atoms. The molecule has 0 aliphatic rings. The molecule has 2 aromatic rings. The van der Waals surface area contributed by atoms with Gasteiger partial charge in [0.15, 0.2) is 0 Å². The van der Waals surface area contributed by atoms with Gasteiger partial charge in [0.2, 0.25) is 0 Å². The number of benzene rings is 2. The van der Waals surface area contributed by atoms with E-state index in [-0.39, 0.29) is 0 Å². The molecule has 0 aliphatic carbocycles. The second-order valence-corrected chi connectivity index (χ2v) is 5.06. The summed E-state index contributed by atoms with van der Waals surface area (Å²) in [6.45, 7) is 1.48. The highest BCUT2D eigenvalue weighted by Gasteiger charge is 2.08. The summed E-state index contributed by atoms with van der Waals surface area (Å²) in [4.78, 5) is 2.16. The Morgan fingerprint density at radius 2 is 2.00 bits per heavy atom. The van der Waals surface area contributed by atoms with Crippen molar-refractivity contribution in [3.8, 4) is 11.8 Å². The van der Waals surface area contributed by atoms with Crippen LogP contribution in [0.3, 0.4) is 0 Å². The van der Waals surface area contributed by atoms with Gasteiger partial charge in [-0.05, 0) is 42.9 Å². The molecule has 0 saturated heterocycles. The summed E-state index contributed by atoms with van der Waals surface area (Å²) in [5, 5.41) is 8.94. The van der Waals surface area contributed by atoms with Gasteiger partial charge in [-0.1, -0.05) is 12.1 Å². The van der Waals surface area contributed by atoms with Crippen LogP contribution in [0.5, 0.6) is 5.75 Å². The first kappa shape index (κ1) is 14.9. The zero-order valence-electron chi connectivity index (χ0n) is 12.3. The second kappa shape index (κ2) is 6.78. The van der Waals surface area contributed by atoms with E-state index in [1.54, 1.807) is 7.11 Å². The molecular formula is C17H19N3O. The first-order valence-corrected chi connectivity index (χ1v) is 6.72. The van der Waals surface area contributed by atoms with Gasteiger partial charge in [0.1, 0.15) is 5.75 Å². The third-order valence-electron chi connectivity index (χ3n) is 3.25. The van der Waals surface area contributed by atoms with Crippen molar-refractivity contribution in [2.75, 3.05) is 19.9 Å². The topological polar surface area (TPSA) is 62.3 Å². The van der Waals surface area contributed by atoms with Crippen molar-refractivity contribution < 1.29 is 4.74 Å². The fraction of sp³-hybridized carbons (Fsp3) is 0.235. The van der Waals surface area contributed by atoms with Crippen LogP contribution in [0.15, 0.2) is 42.5 Å². The Bertz CT molecular complexity index is 661. The lowest BCUT2D eigenvalue weighted by molar-refractivity contribution is 0.310. The molecule has 0 saturated carbocycles. The lowest BCUT2D eigenvalue weighted by atomic mass is 10.1. The van der Waals surface area contributed by atoms with Crippen molar-refractivity contribution in [1.82, 2.24) is 4.90 Å². The molecule has 0 heterocycles. The number of anilines is 1. The molecule has 2 rings (SSSR count). The van der Waals surface area contributed by atoms with Gasteiger partial charge in [0, 0.05) is 24.3 Å². The van der Waals surface area contributed by atoms with Crippen LogP contribution in [0.1, 0.15) is 16.7 Å². The molecule has 0 radical (unpaired) electrons. The summed E-state index contributed by atoms with van der Waals surface area (Å²) >= 11 is 0. The standard InChI is InChI=1S/C17H19N3O/c1-20(11-14-5-3-4-13(8-14)10-18)12-15-9-16(19)6-7-17(15)21-2/h3-9H,11-12,19H2,1-2H3. The summed E-state index contributed by atoms with van der Waals surface area (Å²) in [6, 6.07) is 15.5. The maximum Gasteiger partial charge on any atom is 0.123 e. The monoisotopic (exact) mass is 281 g/mol.